The number of hydrogen-bond donors (Lipinski definition) is 2. The first-order valence-electron chi connectivity index (χ1n) is 8.53. The van der Waals surface area contributed by atoms with Gasteiger partial charge in [0.25, 0.3) is 0 Å². The van der Waals surface area contributed by atoms with E-state index in [0.29, 0.717) is 24.2 Å². The van der Waals surface area contributed by atoms with Gasteiger partial charge in [-0.25, -0.2) is 12.8 Å². The van der Waals surface area contributed by atoms with E-state index in [2.05, 4.69) is 5.32 Å². The van der Waals surface area contributed by atoms with E-state index in [1.165, 1.54) is 12.1 Å². The van der Waals surface area contributed by atoms with E-state index in [-0.39, 0.29) is 9.79 Å². The Hall–Kier alpha value is -3.37. The molecule has 3 aromatic rings. The minimum absolute atomic E-state index is 0.0555. The first kappa shape index (κ1) is 19.4. The molecule has 0 saturated carbocycles. The van der Waals surface area contributed by atoms with Crippen LogP contribution in [0, 0.1) is 17.1 Å². The summed E-state index contributed by atoms with van der Waals surface area (Å²) in [7, 11) is -3.67. The first-order valence-corrected chi connectivity index (χ1v) is 10.0. The fraction of sp³-hybridized carbons (Fsp3) is 0.0952. The third kappa shape index (κ3) is 4.30. The van der Waals surface area contributed by atoms with Gasteiger partial charge in [0.05, 0.1) is 15.4 Å². The molecule has 0 spiro atoms. The lowest BCUT2D eigenvalue weighted by molar-refractivity contribution is 0.594. The largest absolute Gasteiger partial charge is 0.398 e. The zero-order valence-electron chi connectivity index (χ0n) is 14.9. The maximum absolute atomic E-state index is 13.0. The van der Waals surface area contributed by atoms with Gasteiger partial charge in [0.1, 0.15) is 11.9 Å². The van der Waals surface area contributed by atoms with Crippen molar-refractivity contribution in [2.75, 3.05) is 17.6 Å². The van der Waals surface area contributed by atoms with Crippen LogP contribution >= 0.6 is 0 Å². The Balaban J connectivity index is 1.65. The van der Waals surface area contributed by atoms with Crippen molar-refractivity contribution in [3.63, 3.8) is 0 Å². The SMILES string of the molecule is N#Cc1cc(NCCc2ccc(S(=O)(=O)c3ccc(F)cc3)cc2)ccc1N. The van der Waals surface area contributed by atoms with Crippen LogP contribution in [0.15, 0.2) is 76.5 Å². The number of nitrogens with one attached hydrogen (secondary N) is 1. The Morgan fingerprint density at radius 1 is 0.964 bits per heavy atom. The number of nitriles is 1. The molecule has 0 aliphatic heterocycles. The van der Waals surface area contributed by atoms with Gasteiger partial charge in [-0.15, -0.1) is 0 Å². The molecule has 3 rings (SSSR count). The summed E-state index contributed by atoms with van der Waals surface area (Å²) in [5, 5.41) is 12.2. The summed E-state index contributed by atoms with van der Waals surface area (Å²) in [6.45, 7) is 0.610. The molecule has 0 aromatic heterocycles. The van der Waals surface area contributed by atoms with E-state index in [9.17, 15) is 12.8 Å². The van der Waals surface area contributed by atoms with Gasteiger partial charge in [-0.05, 0) is 66.6 Å². The number of nitrogens with zero attached hydrogens (tertiary/aromatic N) is 1. The molecule has 0 heterocycles. The quantitative estimate of drug-likeness (QED) is 0.489. The predicted molar refractivity (Wildman–Crippen MR) is 106 cm³/mol. The average Bonchev–Trinajstić information content (AvgIpc) is 2.70. The maximum Gasteiger partial charge on any atom is 0.206 e. The first-order chi connectivity index (χ1) is 13.4. The molecule has 28 heavy (non-hydrogen) atoms. The van der Waals surface area contributed by atoms with Gasteiger partial charge in [0.15, 0.2) is 0 Å². The van der Waals surface area contributed by atoms with Gasteiger partial charge in [-0.1, -0.05) is 12.1 Å². The summed E-state index contributed by atoms with van der Waals surface area (Å²) in [5.74, 6) is -0.482. The van der Waals surface area contributed by atoms with E-state index < -0.39 is 15.7 Å². The van der Waals surface area contributed by atoms with Crippen LogP contribution in [0.1, 0.15) is 11.1 Å². The number of benzene rings is 3. The van der Waals surface area contributed by atoms with Gasteiger partial charge in [0.2, 0.25) is 9.84 Å². The molecule has 0 aliphatic rings. The zero-order chi connectivity index (χ0) is 20.1. The van der Waals surface area contributed by atoms with E-state index in [0.717, 1.165) is 23.4 Å². The second-order valence-electron chi connectivity index (χ2n) is 6.19. The number of rotatable bonds is 6. The molecule has 142 valence electrons. The van der Waals surface area contributed by atoms with E-state index in [1.807, 2.05) is 6.07 Å². The van der Waals surface area contributed by atoms with Crippen molar-refractivity contribution < 1.29 is 12.8 Å². The fourth-order valence-corrected chi connectivity index (χ4v) is 3.96. The summed E-state index contributed by atoms with van der Waals surface area (Å²) >= 11 is 0. The molecule has 0 aliphatic carbocycles. The standard InChI is InChI=1S/C21H18FN3O2S/c22-17-3-8-20(9-4-17)28(26,27)19-6-1-15(2-7-19)11-12-25-18-5-10-21(24)16(13-18)14-23/h1-10,13,25H,11-12,24H2. The zero-order valence-corrected chi connectivity index (χ0v) is 15.7. The number of halogens is 1. The normalized spacial score (nSPS) is 11.0. The van der Waals surface area contributed by atoms with Crippen LogP contribution in [0.3, 0.4) is 0 Å². The van der Waals surface area contributed by atoms with Crippen LogP contribution < -0.4 is 11.1 Å². The number of nitrogen functional groups attached to an aromatic ring is 1. The van der Waals surface area contributed by atoms with Gasteiger partial charge in [-0.3, -0.25) is 0 Å². The van der Waals surface area contributed by atoms with Crippen LogP contribution in [0.25, 0.3) is 0 Å². The van der Waals surface area contributed by atoms with Crippen molar-refractivity contribution in [3.8, 4) is 6.07 Å². The molecule has 0 unspecified atom stereocenters. The number of sulfone groups is 1. The molecule has 0 radical (unpaired) electrons. The Morgan fingerprint density at radius 3 is 2.18 bits per heavy atom. The minimum Gasteiger partial charge on any atom is -0.398 e. The molecule has 3 aromatic carbocycles. The maximum atomic E-state index is 13.0. The van der Waals surface area contributed by atoms with Crippen LogP contribution in [0.5, 0.6) is 0 Å². The topological polar surface area (TPSA) is 96.0 Å². The third-order valence-electron chi connectivity index (χ3n) is 4.27. The summed E-state index contributed by atoms with van der Waals surface area (Å²) in [6.07, 6.45) is 0.670. The van der Waals surface area contributed by atoms with Gasteiger partial charge in [-0.2, -0.15) is 5.26 Å². The van der Waals surface area contributed by atoms with Gasteiger partial charge < -0.3 is 11.1 Å². The Kier molecular flexibility index (Phi) is 5.62. The van der Waals surface area contributed by atoms with Crippen molar-refractivity contribution in [3.05, 3.63) is 83.7 Å². The average molecular weight is 395 g/mol. The molecule has 0 atom stereocenters. The van der Waals surface area contributed by atoms with Crippen LogP contribution in [-0.4, -0.2) is 15.0 Å². The summed E-state index contributed by atoms with van der Waals surface area (Å²) in [6, 6.07) is 18.6. The highest BCUT2D eigenvalue weighted by atomic mass is 32.2. The van der Waals surface area contributed by atoms with E-state index >= 15 is 0 Å². The summed E-state index contributed by atoms with van der Waals surface area (Å²) in [4.78, 5) is 0.216. The predicted octanol–water partition coefficient (Wildman–Crippen LogP) is 3.77. The number of hydrogen-bond acceptors (Lipinski definition) is 5. The molecule has 0 amide bonds. The van der Waals surface area contributed by atoms with Crippen LogP contribution in [-0.2, 0) is 16.3 Å². The fourth-order valence-electron chi connectivity index (χ4n) is 2.70. The van der Waals surface area contributed by atoms with E-state index in [4.69, 9.17) is 11.0 Å². The lowest BCUT2D eigenvalue weighted by atomic mass is 10.1. The molecule has 0 bridgehead atoms. The van der Waals surface area contributed by atoms with Crippen molar-refractivity contribution in [1.82, 2.24) is 0 Å². The van der Waals surface area contributed by atoms with Crippen molar-refractivity contribution >= 4 is 21.2 Å². The Labute approximate surface area is 163 Å². The molecule has 0 fully saturated rings. The molecular formula is C21H18FN3O2S. The highest BCUT2D eigenvalue weighted by Gasteiger charge is 2.17. The summed E-state index contributed by atoms with van der Waals surface area (Å²) in [5.41, 5.74) is 8.31. The Bertz CT molecular complexity index is 1120. The highest BCUT2D eigenvalue weighted by Crippen LogP contribution is 2.22. The molecule has 5 nitrogen and oxygen atoms in total. The van der Waals surface area contributed by atoms with Crippen molar-refractivity contribution in [2.24, 2.45) is 0 Å². The molecule has 0 saturated heterocycles. The van der Waals surface area contributed by atoms with Crippen molar-refractivity contribution in [1.29, 1.82) is 5.26 Å². The number of nitrogens with two attached hydrogens (primary N) is 1. The molecular weight excluding hydrogens is 377 g/mol. The summed E-state index contributed by atoms with van der Waals surface area (Å²) < 4.78 is 38.2. The molecule has 3 N–H and O–H groups in total. The van der Waals surface area contributed by atoms with E-state index in [1.54, 1.807) is 42.5 Å². The lowest BCUT2D eigenvalue weighted by Gasteiger charge is -2.09. The number of anilines is 2. The van der Waals surface area contributed by atoms with Crippen molar-refractivity contribution in [2.45, 2.75) is 16.2 Å². The van der Waals surface area contributed by atoms with Crippen LogP contribution in [0.4, 0.5) is 15.8 Å². The Morgan fingerprint density at radius 2 is 1.57 bits per heavy atom. The van der Waals surface area contributed by atoms with Gasteiger partial charge >= 0.3 is 0 Å². The smallest absolute Gasteiger partial charge is 0.206 e. The van der Waals surface area contributed by atoms with Gasteiger partial charge in [0, 0.05) is 17.9 Å². The molecule has 7 heteroatoms. The minimum atomic E-state index is -3.67. The second kappa shape index (κ2) is 8.11. The van der Waals surface area contributed by atoms with Crippen LogP contribution in [0.2, 0.25) is 0 Å². The second-order valence-corrected chi connectivity index (χ2v) is 8.14. The highest BCUT2D eigenvalue weighted by molar-refractivity contribution is 7.91. The lowest BCUT2D eigenvalue weighted by Crippen LogP contribution is -2.06. The monoisotopic (exact) mass is 395 g/mol. The third-order valence-corrected chi connectivity index (χ3v) is 6.06.